The van der Waals surface area contributed by atoms with Crippen molar-refractivity contribution in [2.45, 2.75) is 26.4 Å². The number of benzene rings is 1. The van der Waals surface area contributed by atoms with Crippen molar-refractivity contribution in [3.8, 4) is 23.0 Å². The lowest BCUT2D eigenvalue weighted by atomic mass is 10.1. The first kappa shape index (κ1) is 16.6. The van der Waals surface area contributed by atoms with Crippen LogP contribution in [0.25, 0.3) is 23.0 Å². The molecule has 0 aliphatic carbocycles. The minimum absolute atomic E-state index is 0.426. The summed E-state index contributed by atoms with van der Waals surface area (Å²) in [5.41, 5.74) is 9.63. The van der Waals surface area contributed by atoms with E-state index in [-0.39, 0.29) is 0 Å². The summed E-state index contributed by atoms with van der Waals surface area (Å²) in [6.45, 7) is 5.93. The van der Waals surface area contributed by atoms with E-state index in [4.69, 9.17) is 4.52 Å². The van der Waals surface area contributed by atoms with E-state index in [1.165, 1.54) is 0 Å². The lowest BCUT2D eigenvalue weighted by molar-refractivity contribution is 0.0858. The summed E-state index contributed by atoms with van der Waals surface area (Å²) < 4.78 is 7.15. The van der Waals surface area contributed by atoms with Gasteiger partial charge >= 0.3 is 0 Å². The lowest BCUT2D eigenvalue weighted by Crippen LogP contribution is -2.45. The molecule has 1 aromatic carbocycles. The first-order valence-electron chi connectivity index (χ1n) is 8.30. The summed E-state index contributed by atoms with van der Waals surface area (Å²) in [5.74, 6) is 0.893. The molecule has 9 heteroatoms. The number of hydrogen-bond acceptors (Lipinski definition) is 8. The first-order chi connectivity index (χ1) is 12.3. The molecule has 9 nitrogen and oxygen atoms in total. The van der Waals surface area contributed by atoms with Gasteiger partial charge < -0.3 is 15.1 Å². The van der Waals surface area contributed by atoms with Crippen LogP contribution in [0.15, 0.2) is 28.9 Å². The molecule has 0 fully saturated rings. The van der Waals surface area contributed by atoms with Crippen molar-refractivity contribution < 1.29 is 9.63 Å². The van der Waals surface area contributed by atoms with E-state index in [0.717, 1.165) is 22.5 Å². The fourth-order valence-corrected chi connectivity index (χ4v) is 2.97. The van der Waals surface area contributed by atoms with Crippen LogP contribution in [0.4, 0.5) is 11.4 Å². The molecular weight excluding hydrogens is 334 g/mol. The molecule has 2 aromatic heterocycles. The molecule has 0 saturated carbocycles. The van der Waals surface area contributed by atoms with Crippen LogP contribution in [0.3, 0.4) is 0 Å². The number of aryl methyl sites for hydroxylation is 2. The summed E-state index contributed by atoms with van der Waals surface area (Å²) in [7, 11) is 1.86. The highest BCUT2D eigenvalue weighted by atomic mass is 16.5. The van der Waals surface area contributed by atoms with Gasteiger partial charge in [-0.2, -0.15) is 10.1 Å². The molecule has 0 radical (unpaired) electrons. The van der Waals surface area contributed by atoms with Crippen molar-refractivity contribution in [3.05, 3.63) is 30.0 Å². The van der Waals surface area contributed by atoms with E-state index in [1.807, 2.05) is 43.4 Å². The number of aliphatic hydroxyl groups is 1. The Kier molecular flexibility index (Phi) is 3.70. The van der Waals surface area contributed by atoms with Gasteiger partial charge in [0.1, 0.15) is 5.69 Å². The van der Waals surface area contributed by atoms with Gasteiger partial charge in [0.05, 0.1) is 23.5 Å². The molecule has 0 unspecified atom stereocenters. The maximum Gasteiger partial charge on any atom is 0.258 e. The highest BCUT2D eigenvalue weighted by Crippen LogP contribution is 2.34. The van der Waals surface area contributed by atoms with Gasteiger partial charge in [-0.1, -0.05) is 5.16 Å². The second kappa shape index (κ2) is 5.82. The van der Waals surface area contributed by atoms with E-state index in [9.17, 15) is 5.11 Å². The number of hydrogen-bond donors (Lipinski definition) is 3. The van der Waals surface area contributed by atoms with E-state index in [2.05, 4.69) is 26.2 Å². The molecule has 3 aromatic rings. The quantitative estimate of drug-likeness (QED) is 0.651. The molecular formula is C17H21N7O2. The van der Waals surface area contributed by atoms with Crippen LogP contribution >= 0.6 is 0 Å². The van der Waals surface area contributed by atoms with Crippen LogP contribution < -0.4 is 16.0 Å². The van der Waals surface area contributed by atoms with Crippen molar-refractivity contribution in [2.24, 2.45) is 7.05 Å². The molecule has 26 heavy (non-hydrogen) atoms. The average molecular weight is 355 g/mol. The number of β-amino-alcohol motifs (C(OH)–C–C–N with tert-alkyl or cyclic N) is 1. The van der Waals surface area contributed by atoms with E-state index < -0.39 is 5.60 Å². The zero-order valence-corrected chi connectivity index (χ0v) is 15.1. The van der Waals surface area contributed by atoms with Gasteiger partial charge in [-0.25, -0.2) is 0 Å². The van der Waals surface area contributed by atoms with Crippen LogP contribution in [0.2, 0.25) is 0 Å². The summed E-state index contributed by atoms with van der Waals surface area (Å²) >= 11 is 0. The highest BCUT2D eigenvalue weighted by molar-refractivity contribution is 5.78. The van der Waals surface area contributed by atoms with Gasteiger partial charge in [-0.05, 0) is 44.5 Å². The van der Waals surface area contributed by atoms with E-state index >= 15 is 0 Å². The maximum atomic E-state index is 10.0. The zero-order valence-electron chi connectivity index (χ0n) is 15.1. The molecule has 0 spiro atoms. The monoisotopic (exact) mass is 355 g/mol. The molecule has 0 amide bonds. The van der Waals surface area contributed by atoms with Crippen molar-refractivity contribution in [1.29, 1.82) is 0 Å². The number of hydrazine groups is 2. The number of anilines is 2. The smallest absolute Gasteiger partial charge is 0.258 e. The Bertz CT molecular complexity index is 954. The second-order valence-corrected chi connectivity index (χ2v) is 7.12. The number of aromatic nitrogens is 4. The van der Waals surface area contributed by atoms with Crippen LogP contribution in [0.1, 0.15) is 19.4 Å². The lowest BCUT2D eigenvalue weighted by Gasteiger charge is -2.26. The summed E-state index contributed by atoms with van der Waals surface area (Å²) in [5, 5.41) is 20.3. The topological polar surface area (TPSA) is 104 Å². The summed E-state index contributed by atoms with van der Waals surface area (Å²) in [4.78, 5) is 4.47. The van der Waals surface area contributed by atoms with Gasteiger partial charge in [-0.15, -0.1) is 5.53 Å². The first-order valence-corrected chi connectivity index (χ1v) is 8.30. The van der Waals surface area contributed by atoms with Crippen molar-refractivity contribution >= 4 is 11.4 Å². The second-order valence-electron chi connectivity index (χ2n) is 7.12. The van der Waals surface area contributed by atoms with Crippen molar-refractivity contribution in [3.63, 3.8) is 0 Å². The minimum atomic E-state index is -0.823. The van der Waals surface area contributed by atoms with Gasteiger partial charge in [0, 0.05) is 18.8 Å². The molecule has 4 rings (SSSR count). The third kappa shape index (κ3) is 3.02. The normalized spacial score (nSPS) is 13.8. The standard InChI is InChI=1S/C17H21N7O2/c1-10-8-23(4)20-14(10)15-18-16(26-21-15)11-5-6-13-12(7-11)19-22-24(13)9-17(2,3)25/h5-8,19,22,25H,9H2,1-4H3. The fourth-order valence-electron chi connectivity index (χ4n) is 2.97. The fraction of sp³-hybridized carbons (Fsp3) is 0.353. The SMILES string of the molecule is Cc1cn(C)nc1-c1noc(-c2ccc3c(c2)NNN3CC(C)(C)O)n1. The van der Waals surface area contributed by atoms with Crippen LogP contribution in [-0.4, -0.2) is 37.2 Å². The minimum Gasteiger partial charge on any atom is -0.389 e. The largest absolute Gasteiger partial charge is 0.389 e. The van der Waals surface area contributed by atoms with Gasteiger partial charge in [0.25, 0.3) is 5.89 Å². The van der Waals surface area contributed by atoms with Crippen molar-refractivity contribution in [1.82, 2.24) is 25.5 Å². The van der Waals surface area contributed by atoms with Gasteiger partial charge in [0.2, 0.25) is 5.82 Å². The third-order valence-corrected chi connectivity index (χ3v) is 4.05. The third-order valence-electron chi connectivity index (χ3n) is 4.05. The van der Waals surface area contributed by atoms with E-state index in [1.54, 1.807) is 18.5 Å². The predicted molar refractivity (Wildman–Crippen MR) is 97.1 cm³/mol. The van der Waals surface area contributed by atoms with Crippen LogP contribution in [0.5, 0.6) is 0 Å². The van der Waals surface area contributed by atoms with Crippen LogP contribution in [0, 0.1) is 6.92 Å². The highest BCUT2D eigenvalue weighted by Gasteiger charge is 2.25. The summed E-state index contributed by atoms with van der Waals surface area (Å²) in [6, 6.07) is 5.78. The Hall–Kier alpha value is -2.91. The molecule has 1 aliphatic rings. The zero-order chi connectivity index (χ0) is 18.5. The van der Waals surface area contributed by atoms with Gasteiger partial charge in [0.15, 0.2) is 0 Å². The molecule has 1 aliphatic heterocycles. The Balaban J connectivity index is 1.62. The molecule has 3 heterocycles. The maximum absolute atomic E-state index is 10.0. The number of nitrogens with one attached hydrogen (secondary N) is 2. The van der Waals surface area contributed by atoms with Gasteiger partial charge in [-0.3, -0.25) is 9.69 Å². The molecule has 3 N–H and O–H groups in total. The number of nitrogens with zero attached hydrogens (tertiary/aromatic N) is 5. The molecule has 136 valence electrons. The Morgan fingerprint density at radius 2 is 2.12 bits per heavy atom. The number of fused-ring (bicyclic) bond motifs is 1. The average Bonchev–Trinajstić information content (AvgIpc) is 3.25. The Labute approximate surface area is 150 Å². The number of rotatable bonds is 4. The molecule has 0 bridgehead atoms. The van der Waals surface area contributed by atoms with E-state index in [0.29, 0.717) is 24.0 Å². The van der Waals surface area contributed by atoms with Crippen LogP contribution in [-0.2, 0) is 7.05 Å². The predicted octanol–water partition coefficient (Wildman–Crippen LogP) is 1.87. The Morgan fingerprint density at radius 3 is 2.81 bits per heavy atom. The Morgan fingerprint density at radius 1 is 1.31 bits per heavy atom. The molecule has 0 saturated heterocycles. The molecule has 0 atom stereocenters. The van der Waals surface area contributed by atoms with Crippen molar-refractivity contribution in [2.75, 3.05) is 17.0 Å². The summed E-state index contributed by atoms with van der Waals surface area (Å²) in [6.07, 6.45) is 1.91.